The highest BCUT2D eigenvalue weighted by Gasteiger charge is 2.13. The first kappa shape index (κ1) is 13.7. The molecule has 1 aromatic carbocycles. The zero-order valence-electron chi connectivity index (χ0n) is 10.3. The summed E-state index contributed by atoms with van der Waals surface area (Å²) in [5.41, 5.74) is 0.546. The maximum absolute atomic E-state index is 13.0. The smallest absolute Gasteiger partial charge is 0.234 e. The van der Waals surface area contributed by atoms with Gasteiger partial charge in [0.25, 0.3) is 0 Å². The number of halogens is 2. The maximum atomic E-state index is 13.0. The number of aromatic nitrogens is 2. The Morgan fingerprint density at radius 2 is 2.26 bits per heavy atom. The number of carbonyl (C=O) groups is 1. The van der Waals surface area contributed by atoms with Crippen molar-refractivity contribution in [1.82, 2.24) is 10.1 Å². The van der Waals surface area contributed by atoms with Crippen LogP contribution in [0, 0.1) is 5.82 Å². The van der Waals surface area contributed by atoms with E-state index in [0.717, 1.165) is 6.42 Å². The molecule has 0 fully saturated rings. The fraction of sp³-hybridized carbons (Fsp3) is 0.308. The number of hydrogen-bond donors (Lipinski definition) is 0. The van der Waals surface area contributed by atoms with Crippen LogP contribution in [0.5, 0.6) is 0 Å². The lowest BCUT2D eigenvalue weighted by Gasteiger charge is -1.96. The molecule has 19 heavy (non-hydrogen) atoms. The van der Waals surface area contributed by atoms with E-state index in [0.29, 0.717) is 17.8 Å². The number of benzene rings is 1. The van der Waals surface area contributed by atoms with Crippen LogP contribution < -0.4 is 0 Å². The SMILES string of the molecule is CCCC(=O)Cc1nc(-c2ccc(F)c(Cl)c2)no1. The van der Waals surface area contributed by atoms with E-state index in [-0.39, 0.29) is 23.1 Å². The van der Waals surface area contributed by atoms with Gasteiger partial charge in [0.2, 0.25) is 11.7 Å². The second-order valence-electron chi connectivity index (χ2n) is 4.11. The molecule has 6 heteroatoms. The Morgan fingerprint density at radius 1 is 1.47 bits per heavy atom. The summed E-state index contributed by atoms with van der Waals surface area (Å²) in [6.07, 6.45) is 1.39. The van der Waals surface area contributed by atoms with Crippen LogP contribution in [-0.2, 0) is 11.2 Å². The van der Waals surface area contributed by atoms with Gasteiger partial charge in [-0.05, 0) is 24.6 Å². The van der Waals surface area contributed by atoms with Crippen molar-refractivity contribution in [2.75, 3.05) is 0 Å². The van der Waals surface area contributed by atoms with E-state index in [1.807, 2.05) is 6.92 Å². The summed E-state index contributed by atoms with van der Waals surface area (Å²) in [7, 11) is 0. The largest absolute Gasteiger partial charge is 0.339 e. The van der Waals surface area contributed by atoms with E-state index >= 15 is 0 Å². The third kappa shape index (κ3) is 3.38. The summed E-state index contributed by atoms with van der Waals surface area (Å²) in [6.45, 7) is 1.93. The van der Waals surface area contributed by atoms with Crippen molar-refractivity contribution in [1.29, 1.82) is 0 Å². The van der Waals surface area contributed by atoms with Crippen LogP contribution in [0.3, 0.4) is 0 Å². The lowest BCUT2D eigenvalue weighted by Crippen LogP contribution is -2.01. The van der Waals surface area contributed by atoms with Crippen molar-refractivity contribution in [3.05, 3.63) is 34.9 Å². The van der Waals surface area contributed by atoms with Crippen molar-refractivity contribution in [2.24, 2.45) is 0 Å². The van der Waals surface area contributed by atoms with Gasteiger partial charge in [0.05, 0.1) is 11.4 Å². The molecule has 0 N–H and O–H groups in total. The molecule has 2 rings (SSSR count). The Balaban J connectivity index is 2.16. The van der Waals surface area contributed by atoms with Crippen molar-refractivity contribution in [3.63, 3.8) is 0 Å². The first-order chi connectivity index (χ1) is 9.10. The van der Waals surface area contributed by atoms with E-state index in [1.165, 1.54) is 18.2 Å². The number of nitrogens with zero attached hydrogens (tertiary/aromatic N) is 2. The maximum Gasteiger partial charge on any atom is 0.234 e. The van der Waals surface area contributed by atoms with Gasteiger partial charge < -0.3 is 4.52 Å². The molecule has 0 unspecified atom stereocenters. The lowest BCUT2D eigenvalue weighted by molar-refractivity contribution is -0.118. The minimum absolute atomic E-state index is 0.00842. The second kappa shape index (κ2) is 5.93. The summed E-state index contributed by atoms with van der Waals surface area (Å²) in [5, 5.41) is 3.74. The molecule has 0 saturated heterocycles. The Bertz CT molecular complexity index is 598. The minimum Gasteiger partial charge on any atom is -0.339 e. The highest BCUT2D eigenvalue weighted by atomic mass is 35.5. The minimum atomic E-state index is -0.507. The molecule has 0 aliphatic carbocycles. The first-order valence-corrected chi connectivity index (χ1v) is 6.27. The molecule has 0 atom stereocenters. The highest BCUT2D eigenvalue weighted by Crippen LogP contribution is 2.22. The van der Waals surface area contributed by atoms with Gasteiger partial charge in [-0.3, -0.25) is 4.79 Å². The van der Waals surface area contributed by atoms with E-state index in [9.17, 15) is 9.18 Å². The normalized spacial score (nSPS) is 10.7. The van der Waals surface area contributed by atoms with E-state index < -0.39 is 5.82 Å². The predicted molar refractivity (Wildman–Crippen MR) is 68.3 cm³/mol. The van der Waals surface area contributed by atoms with Crippen LogP contribution >= 0.6 is 11.6 Å². The number of hydrogen-bond acceptors (Lipinski definition) is 4. The van der Waals surface area contributed by atoms with Gasteiger partial charge in [0.1, 0.15) is 11.6 Å². The zero-order chi connectivity index (χ0) is 13.8. The average molecular weight is 283 g/mol. The average Bonchev–Trinajstić information content (AvgIpc) is 2.81. The van der Waals surface area contributed by atoms with Crippen molar-refractivity contribution in [3.8, 4) is 11.4 Å². The summed E-state index contributed by atoms with van der Waals surface area (Å²) < 4.78 is 18.0. The van der Waals surface area contributed by atoms with Gasteiger partial charge in [-0.2, -0.15) is 4.98 Å². The predicted octanol–water partition coefficient (Wildman–Crippen LogP) is 3.44. The van der Waals surface area contributed by atoms with Crippen LogP contribution in [0.1, 0.15) is 25.7 Å². The van der Waals surface area contributed by atoms with Gasteiger partial charge in [-0.15, -0.1) is 0 Å². The topological polar surface area (TPSA) is 56.0 Å². The number of ketones is 1. The van der Waals surface area contributed by atoms with Crippen LogP contribution in [-0.4, -0.2) is 15.9 Å². The van der Waals surface area contributed by atoms with E-state index in [2.05, 4.69) is 10.1 Å². The summed E-state index contributed by atoms with van der Waals surface area (Å²) >= 11 is 5.68. The quantitative estimate of drug-likeness (QED) is 0.843. The molecule has 100 valence electrons. The van der Waals surface area contributed by atoms with E-state index in [4.69, 9.17) is 16.1 Å². The Labute approximate surface area is 114 Å². The first-order valence-electron chi connectivity index (χ1n) is 5.90. The molecule has 0 saturated carbocycles. The van der Waals surface area contributed by atoms with Gasteiger partial charge in [0, 0.05) is 12.0 Å². The molecule has 0 bridgehead atoms. The van der Waals surface area contributed by atoms with Crippen molar-refractivity contribution < 1.29 is 13.7 Å². The van der Waals surface area contributed by atoms with Gasteiger partial charge >= 0.3 is 0 Å². The van der Waals surface area contributed by atoms with Crippen LogP contribution in [0.2, 0.25) is 5.02 Å². The van der Waals surface area contributed by atoms with E-state index in [1.54, 1.807) is 0 Å². The summed E-state index contributed by atoms with van der Waals surface area (Å²) in [4.78, 5) is 15.6. The van der Waals surface area contributed by atoms with Crippen molar-refractivity contribution >= 4 is 17.4 Å². The molecule has 0 spiro atoms. The Kier molecular flexibility index (Phi) is 4.27. The third-order valence-corrected chi connectivity index (χ3v) is 2.81. The molecular formula is C13H12ClFN2O2. The van der Waals surface area contributed by atoms with Crippen LogP contribution in [0.4, 0.5) is 4.39 Å². The molecule has 1 heterocycles. The molecular weight excluding hydrogens is 271 g/mol. The number of Topliss-reactive ketones (excluding diaryl/α,β-unsaturated/α-hetero) is 1. The van der Waals surface area contributed by atoms with Crippen molar-refractivity contribution in [2.45, 2.75) is 26.2 Å². The molecule has 0 aliphatic rings. The summed E-state index contributed by atoms with van der Waals surface area (Å²) in [6, 6.07) is 4.15. The highest BCUT2D eigenvalue weighted by molar-refractivity contribution is 6.31. The Morgan fingerprint density at radius 3 is 2.95 bits per heavy atom. The van der Waals surface area contributed by atoms with Gasteiger partial charge in [-0.25, -0.2) is 4.39 Å². The molecule has 0 aliphatic heterocycles. The zero-order valence-corrected chi connectivity index (χ0v) is 11.1. The molecule has 0 radical (unpaired) electrons. The second-order valence-corrected chi connectivity index (χ2v) is 4.51. The van der Waals surface area contributed by atoms with Gasteiger partial charge in [-0.1, -0.05) is 23.7 Å². The number of rotatable bonds is 5. The van der Waals surface area contributed by atoms with Crippen LogP contribution in [0.15, 0.2) is 22.7 Å². The molecule has 0 amide bonds. The molecule has 1 aromatic heterocycles. The standard InChI is InChI=1S/C13H12ClFN2O2/c1-2-3-9(18)7-12-16-13(17-19-12)8-4-5-11(15)10(14)6-8/h4-6H,2-3,7H2,1H3. The molecule has 2 aromatic rings. The fourth-order valence-electron chi connectivity index (χ4n) is 1.62. The lowest BCUT2D eigenvalue weighted by atomic mass is 10.2. The molecule has 4 nitrogen and oxygen atoms in total. The summed E-state index contributed by atoms with van der Waals surface area (Å²) in [5.74, 6) is 0.0946. The number of carbonyl (C=O) groups excluding carboxylic acids is 1. The third-order valence-electron chi connectivity index (χ3n) is 2.52. The monoisotopic (exact) mass is 282 g/mol. The fourth-order valence-corrected chi connectivity index (χ4v) is 1.80. The van der Waals surface area contributed by atoms with Crippen LogP contribution in [0.25, 0.3) is 11.4 Å². The Hall–Kier alpha value is -1.75. The van der Waals surface area contributed by atoms with Gasteiger partial charge in [0.15, 0.2) is 0 Å².